The Hall–Kier alpha value is -1.24. The molecule has 1 nitrogen and oxygen atoms in total. The molecule has 1 fully saturated rings. The first-order valence-corrected chi connectivity index (χ1v) is 6.09. The second-order valence-corrected chi connectivity index (χ2v) is 5.26. The van der Waals surface area contributed by atoms with Gasteiger partial charge in [0.1, 0.15) is 5.76 Å². The zero-order valence-electron chi connectivity index (χ0n) is 10.0. The number of hydrogen-bond donors (Lipinski definition) is 0. The van der Waals surface area contributed by atoms with E-state index in [1.54, 1.807) is 0 Å². The third-order valence-corrected chi connectivity index (χ3v) is 4.29. The van der Waals surface area contributed by atoms with Gasteiger partial charge in [-0.3, -0.25) is 0 Å². The zero-order chi connectivity index (χ0) is 11.3. The molecule has 1 aromatic rings. The van der Waals surface area contributed by atoms with Crippen molar-refractivity contribution in [3.05, 3.63) is 40.9 Å². The molecule has 3 rings (SSSR count). The minimum Gasteiger partial charge on any atom is -0.464 e. The molecule has 0 aromatic carbocycles. The summed E-state index contributed by atoms with van der Waals surface area (Å²) in [7, 11) is 0. The van der Waals surface area contributed by atoms with Crippen molar-refractivity contribution in [1.29, 1.82) is 0 Å². The van der Waals surface area contributed by atoms with Gasteiger partial charge in [-0.15, -0.1) is 0 Å². The van der Waals surface area contributed by atoms with E-state index in [-0.39, 0.29) is 0 Å². The minimum atomic E-state index is 0.647. The Balaban J connectivity index is 2.11. The summed E-state index contributed by atoms with van der Waals surface area (Å²) in [6, 6.07) is 0. The monoisotopic (exact) mass is 214 g/mol. The first-order chi connectivity index (χ1) is 7.66. The highest BCUT2D eigenvalue weighted by Gasteiger charge is 2.34. The molecule has 0 amide bonds. The fourth-order valence-electron chi connectivity index (χ4n) is 3.25. The molecule has 84 valence electrons. The van der Waals surface area contributed by atoms with Crippen molar-refractivity contribution in [2.75, 3.05) is 0 Å². The smallest absolute Gasteiger partial charge is 0.130 e. The average Bonchev–Trinajstić information content (AvgIpc) is 2.72. The van der Waals surface area contributed by atoms with E-state index in [9.17, 15) is 0 Å². The molecule has 2 aliphatic rings. The van der Waals surface area contributed by atoms with Crippen LogP contribution in [-0.4, -0.2) is 0 Å². The number of hydrogen-bond acceptors (Lipinski definition) is 1. The van der Waals surface area contributed by atoms with Gasteiger partial charge in [-0.05, 0) is 56.6 Å². The Morgan fingerprint density at radius 3 is 2.94 bits per heavy atom. The number of fused-ring (bicyclic) bond motifs is 2. The first kappa shape index (κ1) is 9.95. The van der Waals surface area contributed by atoms with Gasteiger partial charge >= 0.3 is 0 Å². The van der Waals surface area contributed by atoms with E-state index >= 15 is 0 Å². The van der Waals surface area contributed by atoms with Crippen LogP contribution in [0.4, 0.5) is 0 Å². The summed E-state index contributed by atoms with van der Waals surface area (Å²) in [5, 5.41) is 0. The maximum absolute atomic E-state index is 5.63. The maximum atomic E-state index is 5.63. The number of aryl methyl sites for hydroxylation is 1. The number of allylic oxidation sites excluding steroid dienone is 2. The molecule has 1 aromatic heterocycles. The molecule has 16 heavy (non-hydrogen) atoms. The van der Waals surface area contributed by atoms with Gasteiger partial charge in [0.2, 0.25) is 0 Å². The number of furan rings is 1. The quantitative estimate of drug-likeness (QED) is 0.592. The Bertz CT molecular complexity index is 476. The van der Waals surface area contributed by atoms with Gasteiger partial charge in [0, 0.05) is 5.56 Å². The molecule has 0 radical (unpaired) electrons. The van der Waals surface area contributed by atoms with Crippen molar-refractivity contribution < 1.29 is 4.42 Å². The third-order valence-electron chi connectivity index (χ3n) is 4.29. The Kier molecular flexibility index (Phi) is 2.10. The van der Waals surface area contributed by atoms with E-state index < -0.39 is 0 Å². The lowest BCUT2D eigenvalue weighted by Crippen LogP contribution is -2.11. The van der Waals surface area contributed by atoms with Crippen molar-refractivity contribution in [3.63, 3.8) is 0 Å². The summed E-state index contributed by atoms with van der Waals surface area (Å²) in [4.78, 5) is 0. The van der Waals surface area contributed by atoms with Gasteiger partial charge < -0.3 is 4.42 Å². The molecule has 1 heteroatoms. The molecule has 2 atom stereocenters. The standard InChI is InChI=1S/C15H18O/c1-9-4-5-12-10(2)6-15-14(7-13(9)12)11(3)8-16-15/h6,8,12-13H,1,4-5,7H2,2-3H3. The molecular formula is C15H18O. The molecule has 1 saturated carbocycles. The van der Waals surface area contributed by atoms with Gasteiger partial charge in [0.25, 0.3) is 0 Å². The van der Waals surface area contributed by atoms with E-state index in [0.717, 1.165) is 12.2 Å². The van der Waals surface area contributed by atoms with Crippen LogP contribution in [0, 0.1) is 18.8 Å². The maximum Gasteiger partial charge on any atom is 0.130 e. The summed E-state index contributed by atoms with van der Waals surface area (Å²) in [5.74, 6) is 2.43. The second kappa shape index (κ2) is 3.38. The van der Waals surface area contributed by atoms with Crippen molar-refractivity contribution in [1.82, 2.24) is 0 Å². The lowest BCUT2D eigenvalue weighted by molar-refractivity contribution is 0.485. The molecular weight excluding hydrogens is 196 g/mol. The Labute approximate surface area is 96.8 Å². The molecule has 0 spiro atoms. The van der Waals surface area contributed by atoms with Crippen LogP contribution in [0.5, 0.6) is 0 Å². The van der Waals surface area contributed by atoms with Crippen LogP contribution in [0.1, 0.15) is 36.7 Å². The normalized spacial score (nSPS) is 28.4. The summed E-state index contributed by atoms with van der Waals surface area (Å²) in [6.07, 6.45) is 7.72. The lowest BCUT2D eigenvalue weighted by atomic mass is 9.85. The highest BCUT2D eigenvalue weighted by Crippen LogP contribution is 2.45. The molecule has 2 aliphatic carbocycles. The van der Waals surface area contributed by atoms with Gasteiger partial charge in [0.05, 0.1) is 6.26 Å². The molecule has 2 unspecified atom stereocenters. The van der Waals surface area contributed by atoms with Crippen LogP contribution in [0.25, 0.3) is 6.08 Å². The van der Waals surface area contributed by atoms with E-state index in [0.29, 0.717) is 11.8 Å². The van der Waals surface area contributed by atoms with Gasteiger partial charge in [-0.25, -0.2) is 0 Å². The Morgan fingerprint density at radius 2 is 2.12 bits per heavy atom. The highest BCUT2D eigenvalue weighted by atomic mass is 16.3. The predicted octanol–water partition coefficient (Wildman–Crippen LogP) is 4.13. The average molecular weight is 214 g/mol. The van der Waals surface area contributed by atoms with E-state index in [2.05, 4.69) is 26.5 Å². The molecule has 0 N–H and O–H groups in total. The Morgan fingerprint density at radius 1 is 1.31 bits per heavy atom. The zero-order valence-corrected chi connectivity index (χ0v) is 10.0. The van der Waals surface area contributed by atoms with E-state index in [1.807, 2.05) is 6.26 Å². The summed E-state index contributed by atoms with van der Waals surface area (Å²) < 4.78 is 5.63. The molecule has 0 saturated heterocycles. The number of rotatable bonds is 0. The van der Waals surface area contributed by atoms with E-state index in [4.69, 9.17) is 4.42 Å². The summed E-state index contributed by atoms with van der Waals surface area (Å²) in [6.45, 7) is 8.63. The van der Waals surface area contributed by atoms with Crippen molar-refractivity contribution in [2.45, 2.75) is 33.1 Å². The lowest BCUT2D eigenvalue weighted by Gasteiger charge is -2.18. The van der Waals surface area contributed by atoms with E-state index in [1.165, 1.54) is 35.1 Å². The minimum absolute atomic E-state index is 0.647. The van der Waals surface area contributed by atoms with Crippen LogP contribution >= 0.6 is 0 Å². The van der Waals surface area contributed by atoms with Crippen LogP contribution in [0.3, 0.4) is 0 Å². The van der Waals surface area contributed by atoms with Crippen LogP contribution in [0.15, 0.2) is 28.4 Å². The molecule has 0 bridgehead atoms. The summed E-state index contributed by atoms with van der Waals surface area (Å²) in [5.41, 5.74) is 5.59. The SMILES string of the molecule is C=C1CCC2C(C)=Cc3occ(C)c3CC12. The van der Waals surface area contributed by atoms with Crippen LogP contribution in [0.2, 0.25) is 0 Å². The first-order valence-electron chi connectivity index (χ1n) is 6.09. The van der Waals surface area contributed by atoms with Crippen molar-refractivity contribution >= 4 is 6.08 Å². The van der Waals surface area contributed by atoms with Crippen molar-refractivity contribution in [2.24, 2.45) is 11.8 Å². The molecule has 0 aliphatic heterocycles. The van der Waals surface area contributed by atoms with Crippen molar-refractivity contribution in [3.8, 4) is 0 Å². The highest BCUT2D eigenvalue weighted by molar-refractivity contribution is 5.56. The van der Waals surface area contributed by atoms with Gasteiger partial charge in [-0.1, -0.05) is 17.7 Å². The third kappa shape index (κ3) is 1.31. The fourth-order valence-corrected chi connectivity index (χ4v) is 3.25. The largest absolute Gasteiger partial charge is 0.464 e. The fraction of sp³-hybridized carbons (Fsp3) is 0.467. The van der Waals surface area contributed by atoms with Crippen LogP contribution in [-0.2, 0) is 6.42 Å². The van der Waals surface area contributed by atoms with Gasteiger partial charge in [0.15, 0.2) is 0 Å². The molecule has 1 heterocycles. The second-order valence-electron chi connectivity index (χ2n) is 5.26. The van der Waals surface area contributed by atoms with Gasteiger partial charge in [-0.2, -0.15) is 0 Å². The topological polar surface area (TPSA) is 13.1 Å². The predicted molar refractivity (Wildman–Crippen MR) is 66.2 cm³/mol. The van der Waals surface area contributed by atoms with Crippen LogP contribution < -0.4 is 0 Å². The summed E-state index contributed by atoms with van der Waals surface area (Å²) >= 11 is 0.